The number of fused-ring (bicyclic) bond motifs is 1. The number of benzene rings is 2. The first kappa shape index (κ1) is 18.0. The van der Waals surface area contributed by atoms with Crippen molar-refractivity contribution in [3.63, 3.8) is 0 Å². The van der Waals surface area contributed by atoms with Gasteiger partial charge in [-0.05, 0) is 41.8 Å². The van der Waals surface area contributed by atoms with Crippen molar-refractivity contribution < 1.29 is 18.7 Å². The van der Waals surface area contributed by atoms with Gasteiger partial charge in [0.25, 0.3) is 0 Å². The van der Waals surface area contributed by atoms with E-state index in [4.69, 9.17) is 9.47 Å². The summed E-state index contributed by atoms with van der Waals surface area (Å²) in [6.07, 6.45) is 4.29. The largest absolute Gasteiger partial charge is 0.454 e. The predicted octanol–water partition coefficient (Wildman–Crippen LogP) is 3.13. The maximum Gasteiger partial charge on any atom is 0.231 e. The number of amides is 1. The molecule has 144 valence electrons. The summed E-state index contributed by atoms with van der Waals surface area (Å²) >= 11 is 0. The summed E-state index contributed by atoms with van der Waals surface area (Å²) in [4.78, 5) is 17.0. The summed E-state index contributed by atoms with van der Waals surface area (Å²) in [6, 6.07) is 11.3. The quantitative estimate of drug-likeness (QED) is 0.713. The SMILES string of the molecule is Cn1ccnc1[C@@H](NC(=O)CCc1ccc2c(c1)OCO2)c1cccc(F)c1. The van der Waals surface area contributed by atoms with Gasteiger partial charge in [-0.3, -0.25) is 4.79 Å². The molecule has 0 bridgehead atoms. The molecule has 2 aromatic carbocycles. The molecule has 1 amide bonds. The van der Waals surface area contributed by atoms with E-state index in [1.165, 1.54) is 12.1 Å². The Hall–Kier alpha value is -3.35. The molecule has 28 heavy (non-hydrogen) atoms. The third-order valence-electron chi connectivity index (χ3n) is 4.68. The number of hydrogen-bond acceptors (Lipinski definition) is 4. The Labute approximate surface area is 161 Å². The van der Waals surface area contributed by atoms with Gasteiger partial charge in [0.15, 0.2) is 11.5 Å². The van der Waals surface area contributed by atoms with E-state index in [9.17, 15) is 9.18 Å². The molecule has 4 rings (SSSR count). The van der Waals surface area contributed by atoms with E-state index in [1.54, 1.807) is 24.5 Å². The van der Waals surface area contributed by atoms with Crippen LogP contribution in [0.25, 0.3) is 0 Å². The van der Waals surface area contributed by atoms with Crippen LogP contribution in [0.5, 0.6) is 11.5 Å². The summed E-state index contributed by atoms with van der Waals surface area (Å²) in [6.45, 7) is 0.220. The summed E-state index contributed by atoms with van der Waals surface area (Å²) in [7, 11) is 1.84. The van der Waals surface area contributed by atoms with Gasteiger partial charge >= 0.3 is 0 Å². The second kappa shape index (κ2) is 7.72. The van der Waals surface area contributed by atoms with Gasteiger partial charge in [0.1, 0.15) is 17.7 Å². The third-order valence-corrected chi connectivity index (χ3v) is 4.68. The molecule has 0 radical (unpaired) electrons. The minimum absolute atomic E-state index is 0.144. The number of aromatic nitrogens is 2. The number of carbonyl (C=O) groups excluding carboxylic acids is 1. The average molecular weight is 381 g/mol. The normalized spacial score (nSPS) is 13.4. The number of halogens is 1. The van der Waals surface area contributed by atoms with Crippen LogP contribution in [-0.4, -0.2) is 22.3 Å². The first-order chi connectivity index (χ1) is 13.6. The summed E-state index contributed by atoms with van der Waals surface area (Å²) in [5.41, 5.74) is 1.63. The minimum Gasteiger partial charge on any atom is -0.454 e. The smallest absolute Gasteiger partial charge is 0.231 e. The molecule has 0 saturated carbocycles. The molecule has 0 unspecified atom stereocenters. The van der Waals surface area contributed by atoms with Crippen LogP contribution in [0, 0.1) is 5.82 Å². The number of nitrogens with zero attached hydrogens (tertiary/aromatic N) is 2. The number of rotatable bonds is 6. The van der Waals surface area contributed by atoms with Crippen molar-refractivity contribution in [2.45, 2.75) is 18.9 Å². The minimum atomic E-state index is -0.528. The van der Waals surface area contributed by atoms with Gasteiger partial charge in [0.2, 0.25) is 12.7 Å². The van der Waals surface area contributed by atoms with E-state index in [2.05, 4.69) is 10.3 Å². The first-order valence-corrected chi connectivity index (χ1v) is 9.01. The van der Waals surface area contributed by atoms with Crippen LogP contribution in [0.1, 0.15) is 29.4 Å². The highest BCUT2D eigenvalue weighted by molar-refractivity contribution is 5.77. The van der Waals surface area contributed by atoms with Gasteiger partial charge in [0.05, 0.1) is 0 Å². The van der Waals surface area contributed by atoms with E-state index in [0.29, 0.717) is 29.3 Å². The van der Waals surface area contributed by atoms with Crippen molar-refractivity contribution in [3.8, 4) is 11.5 Å². The molecule has 1 atom stereocenters. The molecule has 1 aliphatic heterocycles. The molecule has 7 heteroatoms. The molecule has 0 spiro atoms. The number of hydrogen-bond donors (Lipinski definition) is 1. The van der Waals surface area contributed by atoms with Crippen LogP contribution in [0.3, 0.4) is 0 Å². The summed E-state index contributed by atoms with van der Waals surface area (Å²) < 4.78 is 26.2. The van der Waals surface area contributed by atoms with Crippen molar-refractivity contribution in [2.75, 3.05) is 6.79 Å². The first-order valence-electron chi connectivity index (χ1n) is 9.01. The van der Waals surface area contributed by atoms with Crippen molar-refractivity contribution >= 4 is 5.91 Å². The molecule has 0 aliphatic carbocycles. The Morgan fingerprint density at radius 1 is 1.25 bits per heavy atom. The molecule has 0 fully saturated rings. The van der Waals surface area contributed by atoms with Crippen molar-refractivity contribution in [2.24, 2.45) is 7.05 Å². The molecule has 2 heterocycles. The highest BCUT2D eigenvalue weighted by Gasteiger charge is 2.21. The second-order valence-electron chi connectivity index (χ2n) is 6.64. The maximum atomic E-state index is 13.7. The van der Waals surface area contributed by atoms with Gasteiger partial charge < -0.3 is 19.4 Å². The van der Waals surface area contributed by atoms with Gasteiger partial charge in [0, 0.05) is 25.9 Å². The Morgan fingerprint density at radius 2 is 2.11 bits per heavy atom. The highest BCUT2D eigenvalue weighted by Crippen LogP contribution is 2.32. The standard InChI is InChI=1S/C21H20FN3O3/c1-25-10-9-23-21(25)20(15-3-2-4-16(22)12-15)24-19(26)8-6-14-5-7-17-18(11-14)28-13-27-17/h2-5,7,9-12,20H,6,8,13H2,1H3,(H,24,26)/t20-/m0/s1. The van der Waals surface area contributed by atoms with Crippen LogP contribution in [0.4, 0.5) is 4.39 Å². The van der Waals surface area contributed by atoms with Gasteiger partial charge in [-0.25, -0.2) is 9.37 Å². The number of nitrogens with one attached hydrogen (secondary N) is 1. The Bertz CT molecular complexity index is 1000. The van der Waals surface area contributed by atoms with E-state index in [0.717, 1.165) is 5.56 Å². The van der Waals surface area contributed by atoms with Crippen LogP contribution >= 0.6 is 0 Å². The van der Waals surface area contributed by atoms with Crippen molar-refractivity contribution in [1.29, 1.82) is 0 Å². The van der Waals surface area contributed by atoms with Gasteiger partial charge in [-0.15, -0.1) is 0 Å². The molecular weight excluding hydrogens is 361 g/mol. The lowest BCUT2D eigenvalue weighted by molar-refractivity contribution is -0.121. The van der Waals surface area contributed by atoms with Crippen molar-refractivity contribution in [3.05, 3.63) is 77.6 Å². The van der Waals surface area contributed by atoms with Crippen LogP contribution < -0.4 is 14.8 Å². The molecular formula is C21H20FN3O3. The fraction of sp³-hybridized carbons (Fsp3) is 0.238. The lowest BCUT2D eigenvalue weighted by Gasteiger charge is -2.19. The molecule has 0 saturated heterocycles. The Morgan fingerprint density at radius 3 is 2.89 bits per heavy atom. The fourth-order valence-corrected chi connectivity index (χ4v) is 3.23. The zero-order valence-electron chi connectivity index (χ0n) is 15.4. The molecule has 3 aromatic rings. The lowest BCUT2D eigenvalue weighted by atomic mass is 10.0. The third kappa shape index (κ3) is 3.83. The van der Waals surface area contributed by atoms with Crippen LogP contribution in [0.2, 0.25) is 0 Å². The molecule has 6 nitrogen and oxygen atoms in total. The Balaban J connectivity index is 1.47. The molecule has 1 N–H and O–H groups in total. The number of ether oxygens (including phenoxy) is 2. The van der Waals surface area contributed by atoms with E-state index in [1.807, 2.05) is 29.8 Å². The van der Waals surface area contributed by atoms with E-state index >= 15 is 0 Å². The summed E-state index contributed by atoms with van der Waals surface area (Å²) in [5, 5.41) is 2.98. The topological polar surface area (TPSA) is 65.4 Å². The van der Waals surface area contributed by atoms with Gasteiger partial charge in [-0.2, -0.15) is 0 Å². The lowest BCUT2D eigenvalue weighted by Crippen LogP contribution is -2.31. The number of carbonyl (C=O) groups is 1. The number of aryl methyl sites for hydroxylation is 2. The fourth-order valence-electron chi connectivity index (χ4n) is 3.23. The second-order valence-corrected chi connectivity index (χ2v) is 6.64. The summed E-state index contributed by atoms with van der Waals surface area (Å²) in [5.74, 6) is 1.56. The Kier molecular flexibility index (Phi) is 4.97. The zero-order chi connectivity index (χ0) is 19.5. The predicted molar refractivity (Wildman–Crippen MR) is 100 cm³/mol. The molecule has 1 aromatic heterocycles. The van der Waals surface area contributed by atoms with Crippen molar-refractivity contribution in [1.82, 2.24) is 14.9 Å². The van der Waals surface area contributed by atoms with Gasteiger partial charge in [-0.1, -0.05) is 18.2 Å². The monoisotopic (exact) mass is 381 g/mol. The maximum absolute atomic E-state index is 13.7. The van der Waals surface area contributed by atoms with Crippen LogP contribution in [-0.2, 0) is 18.3 Å². The zero-order valence-corrected chi connectivity index (χ0v) is 15.4. The number of imidazole rings is 1. The molecule has 1 aliphatic rings. The average Bonchev–Trinajstić information content (AvgIpc) is 3.32. The van der Waals surface area contributed by atoms with Crippen LogP contribution in [0.15, 0.2) is 54.9 Å². The van der Waals surface area contributed by atoms with E-state index < -0.39 is 6.04 Å². The highest BCUT2D eigenvalue weighted by atomic mass is 19.1. The van der Waals surface area contributed by atoms with E-state index in [-0.39, 0.29) is 24.9 Å².